The van der Waals surface area contributed by atoms with Gasteiger partial charge in [-0.2, -0.15) is 0 Å². The van der Waals surface area contributed by atoms with Gasteiger partial charge in [-0.05, 0) is 18.9 Å². The number of carbonyl (C=O) groups is 1. The van der Waals surface area contributed by atoms with Gasteiger partial charge in [-0.3, -0.25) is 4.39 Å². The molecule has 0 aromatic heterocycles. The van der Waals surface area contributed by atoms with E-state index in [1.165, 1.54) is 0 Å². The minimum Gasteiger partial charge on any atom is -0.445 e. The fourth-order valence-corrected chi connectivity index (χ4v) is 1.43. The SMILES string of the molecule is C[C@](CN)(CCF)NC(=O)OCc1ccccc1. The van der Waals surface area contributed by atoms with Crippen molar-refractivity contribution >= 4 is 6.09 Å². The number of rotatable bonds is 6. The molecule has 18 heavy (non-hydrogen) atoms. The van der Waals surface area contributed by atoms with Crippen LogP contribution in [0.5, 0.6) is 0 Å². The number of alkyl halides is 1. The van der Waals surface area contributed by atoms with Crippen molar-refractivity contribution in [2.24, 2.45) is 5.73 Å². The van der Waals surface area contributed by atoms with Crippen LogP contribution in [0.15, 0.2) is 30.3 Å². The monoisotopic (exact) mass is 254 g/mol. The van der Waals surface area contributed by atoms with Gasteiger partial charge in [-0.1, -0.05) is 30.3 Å². The predicted octanol–water partition coefficient (Wildman–Crippen LogP) is 1.99. The van der Waals surface area contributed by atoms with Crippen LogP contribution in [0.3, 0.4) is 0 Å². The van der Waals surface area contributed by atoms with E-state index in [-0.39, 0.29) is 19.6 Å². The van der Waals surface area contributed by atoms with Crippen LogP contribution in [0.2, 0.25) is 0 Å². The minimum absolute atomic E-state index is 0.164. The van der Waals surface area contributed by atoms with Crippen molar-refractivity contribution in [3.05, 3.63) is 35.9 Å². The normalized spacial score (nSPS) is 13.7. The molecule has 1 aromatic carbocycles. The molecule has 1 rings (SSSR count). The molecule has 0 aliphatic carbocycles. The second kappa shape index (κ2) is 6.96. The molecule has 100 valence electrons. The van der Waals surface area contributed by atoms with E-state index in [4.69, 9.17) is 10.5 Å². The molecule has 1 aromatic rings. The van der Waals surface area contributed by atoms with Crippen molar-refractivity contribution in [2.75, 3.05) is 13.2 Å². The summed E-state index contributed by atoms with van der Waals surface area (Å²) < 4.78 is 17.4. The zero-order valence-electron chi connectivity index (χ0n) is 10.5. The molecule has 5 heteroatoms. The van der Waals surface area contributed by atoms with Gasteiger partial charge in [0.1, 0.15) is 6.61 Å². The number of hydrogen-bond donors (Lipinski definition) is 2. The third-order valence-electron chi connectivity index (χ3n) is 2.71. The topological polar surface area (TPSA) is 64.3 Å². The molecular weight excluding hydrogens is 235 g/mol. The Balaban J connectivity index is 2.41. The molecule has 0 aliphatic rings. The van der Waals surface area contributed by atoms with Gasteiger partial charge in [0, 0.05) is 6.54 Å². The number of amides is 1. The van der Waals surface area contributed by atoms with Crippen molar-refractivity contribution < 1.29 is 13.9 Å². The lowest BCUT2D eigenvalue weighted by Crippen LogP contribution is -2.51. The molecule has 0 spiro atoms. The van der Waals surface area contributed by atoms with Crippen LogP contribution in [0, 0.1) is 0 Å². The summed E-state index contributed by atoms with van der Waals surface area (Å²) in [5, 5.41) is 2.59. The first-order valence-corrected chi connectivity index (χ1v) is 5.84. The first-order chi connectivity index (χ1) is 8.59. The van der Waals surface area contributed by atoms with Crippen molar-refractivity contribution in [2.45, 2.75) is 25.5 Å². The molecule has 0 radical (unpaired) electrons. The van der Waals surface area contributed by atoms with Gasteiger partial charge < -0.3 is 15.8 Å². The number of nitrogens with one attached hydrogen (secondary N) is 1. The Labute approximate surface area is 106 Å². The van der Waals surface area contributed by atoms with Crippen LogP contribution in [0.1, 0.15) is 18.9 Å². The van der Waals surface area contributed by atoms with Gasteiger partial charge in [0.15, 0.2) is 0 Å². The molecule has 0 unspecified atom stereocenters. The van der Waals surface area contributed by atoms with E-state index in [2.05, 4.69) is 5.32 Å². The Morgan fingerprint density at radius 3 is 2.67 bits per heavy atom. The number of nitrogens with two attached hydrogens (primary N) is 1. The first kappa shape index (κ1) is 14.4. The smallest absolute Gasteiger partial charge is 0.407 e. The molecule has 0 saturated heterocycles. The number of carbonyl (C=O) groups excluding carboxylic acids is 1. The largest absolute Gasteiger partial charge is 0.445 e. The molecule has 0 aliphatic heterocycles. The van der Waals surface area contributed by atoms with E-state index >= 15 is 0 Å². The summed E-state index contributed by atoms with van der Waals surface area (Å²) in [6.45, 7) is 1.50. The average molecular weight is 254 g/mol. The Kier molecular flexibility index (Phi) is 5.58. The number of ether oxygens (including phenoxy) is 1. The Morgan fingerprint density at radius 2 is 2.11 bits per heavy atom. The maximum Gasteiger partial charge on any atom is 0.407 e. The summed E-state index contributed by atoms with van der Waals surface area (Å²) in [5.41, 5.74) is 5.65. The summed E-state index contributed by atoms with van der Waals surface area (Å²) in [4.78, 5) is 11.6. The van der Waals surface area contributed by atoms with Gasteiger partial charge in [0.2, 0.25) is 0 Å². The van der Waals surface area contributed by atoms with Gasteiger partial charge in [-0.25, -0.2) is 4.79 Å². The predicted molar refractivity (Wildman–Crippen MR) is 67.8 cm³/mol. The molecular formula is C13H19FN2O2. The zero-order chi connectivity index (χ0) is 13.4. The fraction of sp³-hybridized carbons (Fsp3) is 0.462. The lowest BCUT2D eigenvalue weighted by molar-refractivity contribution is 0.126. The number of hydrogen-bond acceptors (Lipinski definition) is 3. The molecule has 0 saturated carbocycles. The van der Waals surface area contributed by atoms with Crippen molar-refractivity contribution in [1.82, 2.24) is 5.32 Å². The van der Waals surface area contributed by atoms with Crippen LogP contribution in [-0.2, 0) is 11.3 Å². The molecule has 4 nitrogen and oxygen atoms in total. The minimum atomic E-state index is -0.761. The van der Waals surface area contributed by atoms with Crippen molar-refractivity contribution in [1.29, 1.82) is 0 Å². The number of benzene rings is 1. The number of halogens is 1. The average Bonchev–Trinajstić information content (AvgIpc) is 2.38. The van der Waals surface area contributed by atoms with Crippen LogP contribution >= 0.6 is 0 Å². The van der Waals surface area contributed by atoms with Crippen molar-refractivity contribution in [3.8, 4) is 0 Å². The molecule has 0 heterocycles. The highest BCUT2D eigenvalue weighted by atomic mass is 19.1. The summed E-state index contributed by atoms with van der Waals surface area (Å²) in [7, 11) is 0. The highest BCUT2D eigenvalue weighted by Crippen LogP contribution is 2.09. The molecule has 3 N–H and O–H groups in total. The molecule has 0 bridgehead atoms. The lowest BCUT2D eigenvalue weighted by Gasteiger charge is -2.27. The summed E-state index contributed by atoms with van der Waals surface area (Å²) in [5.74, 6) is 0. The van der Waals surface area contributed by atoms with E-state index in [1.807, 2.05) is 30.3 Å². The Hall–Kier alpha value is -1.62. The zero-order valence-corrected chi connectivity index (χ0v) is 10.5. The third kappa shape index (κ3) is 4.71. The van der Waals surface area contributed by atoms with Gasteiger partial charge in [0.05, 0.1) is 12.2 Å². The van der Waals surface area contributed by atoms with Gasteiger partial charge >= 0.3 is 6.09 Å². The molecule has 1 atom stereocenters. The van der Waals surface area contributed by atoms with Crippen LogP contribution in [-0.4, -0.2) is 24.9 Å². The summed E-state index contributed by atoms with van der Waals surface area (Å²) in [6, 6.07) is 9.33. The Bertz CT molecular complexity index is 373. The van der Waals surface area contributed by atoms with E-state index in [1.54, 1.807) is 6.92 Å². The van der Waals surface area contributed by atoms with Gasteiger partial charge in [-0.15, -0.1) is 0 Å². The highest BCUT2D eigenvalue weighted by molar-refractivity contribution is 5.68. The second-order valence-electron chi connectivity index (χ2n) is 4.39. The first-order valence-electron chi connectivity index (χ1n) is 5.84. The number of alkyl carbamates (subject to hydrolysis) is 1. The standard InChI is InChI=1S/C13H19FN2O2/c1-13(10-15,7-8-14)16-12(17)18-9-11-5-3-2-4-6-11/h2-6H,7-10,15H2,1H3,(H,16,17)/t13-/m1/s1. The maximum atomic E-state index is 12.3. The van der Waals surface area contributed by atoms with Crippen LogP contribution in [0.4, 0.5) is 9.18 Å². The van der Waals surface area contributed by atoms with E-state index in [0.29, 0.717) is 0 Å². The second-order valence-corrected chi connectivity index (χ2v) is 4.39. The van der Waals surface area contributed by atoms with Crippen LogP contribution < -0.4 is 11.1 Å². The lowest BCUT2D eigenvalue weighted by atomic mass is 9.99. The highest BCUT2D eigenvalue weighted by Gasteiger charge is 2.25. The summed E-state index contributed by atoms with van der Waals surface area (Å²) in [6.07, 6.45) is -0.413. The Morgan fingerprint density at radius 1 is 1.44 bits per heavy atom. The third-order valence-corrected chi connectivity index (χ3v) is 2.71. The molecule has 1 amide bonds. The van der Waals surface area contributed by atoms with Crippen molar-refractivity contribution in [3.63, 3.8) is 0 Å². The molecule has 0 fully saturated rings. The van der Waals surface area contributed by atoms with Crippen LogP contribution in [0.25, 0.3) is 0 Å². The van der Waals surface area contributed by atoms with E-state index < -0.39 is 18.3 Å². The van der Waals surface area contributed by atoms with E-state index in [9.17, 15) is 9.18 Å². The quantitative estimate of drug-likeness (QED) is 0.816. The summed E-state index contributed by atoms with van der Waals surface area (Å²) >= 11 is 0. The van der Waals surface area contributed by atoms with Gasteiger partial charge in [0.25, 0.3) is 0 Å². The maximum absolute atomic E-state index is 12.3. The van der Waals surface area contributed by atoms with E-state index in [0.717, 1.165) is 5.56 Å². The fourth-order valence-electron chi connectivity index (χ4n) is 1.43.